The fourth-order valence-electron chi connectivity index (χ4n) is 5.46. The third-order valence-electron chi connectivity index (χ3n) is 7.08. The van der Waals surface area contributed by atoms with Crippen LogP contribution >= 0.6 is 0 Å². The Morgan fingerprint density at radius 3 is 2.39 bits per heavy atom. The second-order valence-corrected chi connectivity index (χ2v) is 9.21. The predicted molar refractivity (Wildman–Crippen MR) is 129 cm³/mol. The lowest BCUT2D eigenvalue weighted by Gasteiger charge is -2.33. The van der Waals surface area contributed by atoms with Gasteiger partial charge < -0.3 is 11.1 Å². The summed E-state index contributed by atoms with van der Waals surface area (Å²) >= 11 is 0. The summed E-state index contributed by atoms with van der Waals surface area (Å²) in [5.41, 5.74) is 7.47. The van der Waals surface area contributed by atoms with Gasteiger partial charge in [0.15, 0.2) is 0 Å². The second kappa shape index (κ2) is 10.5. The molecule has 0 aliphatic heterocycles. The van der Waals surface area contributed by atoms with Gasteiger partial charge in [0.25, 0.3) is 5.91 Å². The summed E-state index contributed by atoms with van der Waals surface area (Å²) < 4.78 is 54.1. The Bertz CT molecular complexity index is 1180. The molecule has 0 atom stereocenters. The molecule has 0 spiro atoms. The number of nitrogens with two attached hydrogens (primary N) is 1. The van der Waals surface area contributed by atoms with E-state index in [0.29, 0.717) is 11.8 Å². The molecule has 0 aromatic carbocycles. The SMILES string of the molecule is [2H]C([2H])([2H])C([2H])([2H])c1[nH]nc(C)c1-c1ccc(NC(=O)C(N)=C(C2CCCCC2)C2CCCCC2)nc1F. The maximum atomic E-state index is 15.2. The number of aromatic nitrogens is 3. The van der Waals surface area contributed by atoms with E-state index in [-0.39, 0.29) is 34.0 Å². The Kier molecular flexibility index (Phi) is 5.64. The van der Waals surface area contributed by atoms with Gasteiger partial charge in [-0.3, -0.25) is 9.89 Å². The zero-order chi connectivity index (χ0) is 27.7. The molecule has 2 saturated carbocycles. The number of carbonyl (C=O) groups excluding carboxylic acids is 1. The fraction of sp³-hybridized carbons (Fsp3) is 0.577. The number of hydrogen-bond donors (Lipinski definition) is 3. The molecule has 33 heavy (non-hydrogen) atoms. The third-order valence-corrected chi connectivity index (χ3v) is 7.08. The fourth-order valence-corrected chi connectivity index (χ4v) is 5.46. The number of H-pyrrole nitrogens is 1. The number of pyridine rings is 1. The van der Waals surface area contributed by atoms with E-state index in [2.05, 4.69) is 20.5 Å². The zero-order valence-corrected chi connectivity index (χ0v) is 19.1. The standard InChI is InChI=1S/C26H36FN5O/c1-3-20-22(16(2)31-32-20)19-14-15-21(29-25(19)27)30-26(33)24(28)23(17-10-6-4-7-11-17)18-12-8-5-9-13-18/h14-15,17-18H,3-13,28H2,1-2H3,(H,31,32)(H,29,30,33)/i1D3,3D2. The van der Waals surface area contributed by atoms with E-state index >= 15 is 4.39 Å². The summed E-state index contributed by atoms with van der Waals surface area (Å²) in [6.07, 6.45) is 8.20. The van der Waals surface area contributed by atoms with E-state index in [4.69, 9.17) is 12.6 Å². The highest BCUT2D eigenvalue weighted by atomic mass is 19.1. The first-order valence-electron chi connectivity index (χ1n) is 14.4. The van der Waals surface area contributed by atoms with Crippen LogP contribution in [0.3, 0.4) is 0 Å². The van der Waals surface area contributed by atoms with E-state index in [1.165, 1.54) is 31.9 Å². The van der Waals surface area contributed by atoms with Crippen molar-refractivity contribution in [2.45, 2.75) is 84.4 Å². The molecule has 0 bridgehead atoms. The monoisotopic (exact) mass is 458 g/mol. The van der Waals surface area contributed by atoms with Crippen molar-refractivity contribution >= 4 is 11.7 Å². The maximum absolute atomic E-state index is 15.2. The predicted octanol–water partition coefficient (Wildman–Crippen LogP) is 5.79. The number of aryl methyl sites for hydroxylation is 2. The Hall–Kier alpha value is -2.70. The summed E-state index contributed by atoms with van der Waals surface area (Å²) in [6.45, 7) is -1.49. The third kappa shape index (κ3) is 5.12. The van der Waals surface area contributed by atoms with Crippen LogP contribution < -0.4 is 11.1 Å². The van der Waals surface area contributed by atoms with E-state index in [1.54, 1.807) is 0 Å². The quantitative estimate of drug-likeness (QED) is 0.377. The number of amides is 1. The molecule has 2 fully saturated rings. The van der Waals surface area contributed by atoms with Crippen LogP contribution in [0.1, 0.15) is 89.3 Å². The first-order chi connectivity index (χ1) is 17.9. The molecule has 7 heteroatoms. The molecule has 2 aromatic heterocycles. The minimum Gasteiger partial charge on any atom is -0.394 e. The summed E-state index contributed by atoms with van der Waals surface area (Å²) in [7, 11) is 0. The number of nitrogens with one attached hydrogen (secondary N) is 2. The highest BCUT2D eigenvalue weighted by Gasteiger charge is 2.30. The molecule has 2 aliphatic carbocycles. The number of rotatable bonds is 6. The minimum absolute atomic E-state index is 0.00899. The lowest BCUT2D eigenvalue weighted by molar-refractivity contribution is -0.113. The molecule has 1 amide bonds. The minimum atomic E-state index is -3.00. The van der Waals surface area contributed by atoms with Gasteiger partial charge in [-0.2, -0.15) is 9.49 Å². The molecule has 6 nitrogen and oxygen atoms in total. The van der Waals surface area contributed by atoms with E-state index < -0.39 is 25.1 Å². The van der Waals surface area contributed by atoms with Gasteiger partial charge >= 0.3 is 0 Å². The van der Waals surface area contributed by atoms with Crippen molar-refractivity contribution in [1.29, 1.82) is 0 Å². The van der Waals surface area contributed by atoms with Gasteiger partial charge in [0.1, 0.15) is 5.82 Å². The molecule has 2 aromatic rings. The Morgan fingerprint density at radius 2 is 1.82 bits per heavy atom. The number of halogens is 1. The van der Waals surface area contributed by atoms with Crippen LogP contribution in [0.4, 0.5) is 10.2 Å². The van der Waals surface area contributed by atoms with Crippen molar-refractivity contribution in [2.24, 2.45) is 17.6 Å². The van der Waals surface area contributed by atoms with Gasteiger partial charge in [-0.25, -0.2) is 4.98 Å². The lowest BCUT2D eigenvalue weighted by atomic mass is 9.73. The molecule has 4 rings (SSSR count). The Morgan fingerprint density at radius 1 is 1.18 bits per heavy atom. The van der Waals surface area contributed by atoms with Gasteiger partial charge in [-0.05, 0) is 68.5 Å². The van der Waals surface area contributed by atoms with Crippen molar-refractivity contribution in [1.82, 2.24) is 15.2 Å². The van der Waals surface area contributed by atoms with Crippen molar-refractivity contribution < 1.29 is 16.0 Å². The second-order valence-electron chi connectivity index (χ2n) is 9.21. The molecule has 0 unspecified atom stereocenters. The first-order valence-corrected chi connectivity index (χ1v) is 11.9. The lowest BCUT2D eigenvalue weighted by Crippen LogP contribution is -2.29. The average Bonchev–Trinajstić information content (AvgIpc) is 3.26. The highest BCUT2D eigenvalue weighted by Crippen LogP contribution is 2.40. The normalized spacial score (nSPS) is 20.7. The number of allylic oxidation sites excluding steroid dienone is 1. The number of carbonyl (C=O) groups is 1. The Balaban J connectivity index is 1.62. The van der Waals surface area contributed by atoms with Crippen molar-refractivity contribution in [2.75, 3.05) is 5.32 Å². The van der Waals surface area contributed by atoms with Crippen LogP contribution in [0, 0.1) is 24.7 Å². The van der Waals surface area contributed by atoms with Crippen molar-refractivity contribution in [3.63, 3.8) is 0 Å². The van der Waals surface area contributed by atoms with Gasteiger partial charge in [0.05, 0.1) is 11.4 Å². The van der Waals surface area contributed by atoms with Gasteiger partial charge in [-0.1, -0.05) is 45.4 Å². The van der Waals surface area contributed by atoms with Crippen molar-refractivity contribution in [3.8, 4) is 11.1 Å². The summed E-state index contributed by atoms with van der Waals surface area (Å²) in [6, 6.07) is 2.73. The van der Waals surface area contributed by atoms with Crippen LogP contribution in [0.2, 0.25) is 0 Å². The smallest absolute Gasteiger partial charge is 0.272 e. The number of nitrogens with zero attached hydrogens (tertiary/aromatic N) is 2. The maximum Gasteiger partial charge on any atom is 0.272 e. The molecule has 4 N–H and O–H groups in total. The molecule has 2 heterocycles. The van der Waals surface area contributed by atoms with Crippen LogP contribution in [0.15, 0.2) is 23.4 Å². The number of hydrogen-bond acceptors (Lipinski definition) is 4. The van der Waals surface area contributed by atoms with E-state index in [9.17, 15) is 4.79 Å². The Labute approximate surface area is 202 Å². The van der Waals surface area contributed by atoms with E-state index in [0.717, 1.165) is 56.9 Å². The number of anilines is 1. The van der Waals surface area contributed by atoms with Gasteiger partial charge in [0, 0.05) is 23.7 Å². The summed E-state index contributed by atoms with van der Waals surface area (Å²) in [5, 5.41) is 8.96. The molecular weight excluding hydrogens is 417 g/mol. The molecule has 178 valence electrons. The molecular formula is C26H36FN5O. The van der Waals surface area contributed by atoms with Crippen molar-refractivity contribution in [3.05, 3.63) is 40.7 Å². The average molecular weight is 459 g/mol. The van der Waals surface area contributed by atoms with Crippen LogP contribution in [-0.2, 0) is 11.2 Å². The zero-order valence-electron chi connectivity index (χ0n) is 24.1. The molecule has 0 radical (unpaired) electrons. The summed E-state index contributed by atoms with van der Waals surface area (Å²) in [5.74, 6) is -0.944. The largest absolute Gasteiger partial charge is 0.394 e. The number of aromatic amines is 1. The highest BCUT2D eigenvalue weighted by molar-refractivity contribution is 6.03. The van der Waals surface area contributed by atoms with E-state index in [1.807, 2.05) is 0 Å². The van der Waals surface area contributed by atoms with Gasteiger partial charge in [0.2, 0.25) is 5.95 Å². The molecule has 0 saturated heterocycles. The summed E-state index contributed by atoms with van der Waals surface area (Å²) in [4.78, 5) is 17.1. The van der Waals surface area contributed by atoms with Crippen LogP contribution in [0.25, 0.3) is 11.1 Å². The molecule has 2 aliphatic rings. The van der Waals surface area contributed by atoms with Crippen LogP contribution in [0.5, 0.6) is 0 Å². The van der Waals surface area contributed by atoms with Crippen LogP contribution in [-0.4, -0.2) is 21.1 Å². The first kappa shape index (κ1) is 17.7. The topological polar surface area (TPSA) is 96.7 Å². The van der Waals surface area contributed by atoms with Gasteiger partial charge in [-0.15, -0.1) is 0 Å².